The fraction of sp³-hybridized carbons (Fsp3) is 0.317. The summed E-state index contributed by atoms with van der Waals surface area (Å²) in [5.41, 5.74) is -1.43. The minimum absolute atomic E-state index is 0.0457. The van der Waals surface area contributed by atoms with E-state index in [4.69, 9.17) is 11.2 Å². The van der Waals surface area contributed by atoms with Crippen molar-refractivity contribution < 1.29 is 32.2 Å². The minimum atomic E-state index is -1.20. The monoisotopic (exact) mass is 738 g/mol. The third kappa shape index (κ3) is 6.50. The number of anilines is 2. The zero-order valence-corrected chi connectivity index (χ0v) is 29.8. The van der Waals surface area contributed by atoms with Crippen molar-refractivity contribution in [2.24, 2.45) is 0 Å². The van der Waals surface area contributed by atoms with Gasteiger partial charge in [0.1, 0.15) is 47.2 Å². The van der Waals surface area contributed by atoms with E-state index < -0.39 is 34.7 Å². The van der Waals surface area contributed by atoms with Crippen LogP contribution in [0.4, 0.5) is 29.1 Å². The molecule has 3 heterocycles. The lowest BCUT2D eigenvalue weighted by molar-refractivity contribution is -0.129. The number of pyridine rings is 1. The van der Waals surface area contributed by atoms with Crippen molar-refractivity contribution in [2.45, 2.75) is 56.3 Å². The highest BCUT2D eigenvalue weighted by atomic mass is 19.1. The Bertz CT molecular complexity index is 2330. The number of aromatic nitrogens is 3. The minimum Gasteiger partial charge on any atom is -0.508 e. The molecule has 2 aromatic heterocycles. The molecule has 1 aliphatic carbocycles. The maximum Gasteiger partial charge on any atom is 0.319 e. The number of phenols is 1. The molecule has 0 spiro atoms. The molecule has 13 heteroatoms. The Morgan fingerprint density at radius 1 is 1.17 bits per heavy atom. The fourth-order valence-electron chi connectivity index (χ4n) is 7.92. The van der Waals surface area contributed by atoms with Crippen LogP contribution in [0, 0.1) is 29.8 Å². The predicted molar refractivity (Wildman–Crippen MR) is 200 cm³/mol. The smallest absolute Gasteiger partial charge is 0.319 e. The normalized spacial score (nSPS) is 19.2. The van der Waals surface area contributed by atoms with Gasteiger partial charge in [0.05, 0.1) is 22.0 Å². The molecule has 2 N–H and O–H groups in total. The number of nitrogens with zero attached hydrogens (tertiary/aromatic N) is 5. The Labute approximate surface area is 309 Å². The highest BCUT2D eigenvalue weighted by molar-refractivity contribution is 6.03. The molecule has 2 fully saturated rings. The standard InChI is InChI=1S/C41H38F4N6O3/c1-5-29-32(44)14-9-24-17-28(52)18-30(34(24)29)36-35(45)37-31(20-46-36)38(47-22-41(15-7-8-16-41)50(4)33(53)6-2)49-39(48-37)54-23-40(3)19-26(43)21-51(40)27-12-10-25(42)11-13-27/h1,6,9-14,17-18,20,26,52H,2,7-8,15-16,19,21-23H2,3-4H3,(H,47,48,49)/t26-,40+/m1/s1. The van der Waals surface area contributed by atoms with E-state index in [1.54, 1.807) is 29.0 Å². The number of ether oxygens (including phenoxy) is 1. The summed E-state index contributed by atoms with van der Waals surface area (Å²) in [7, 11) is 1.72. The second-order valence-corrected chi connectivity index (χ2v) is 14.3. The zero-order chi connectivity index (χ0) is 38.4. The maximum absolute atomic E-state index is 17.0. The first-order chi connectivity index (χ1) is 25.9. The number of benzene rings is 3. The molecular weight excluding hydrogens is 700 g/mol. The number of alkyl halides is 1. The molecular formula is C41H38F4N6O3. The Morgan fingerprint density at radius 3 is 2.61 bits per heavy atom. The van der Waals surface area contributed by atoms with Gasteiger partial charge >= 0.3 is 6.01 Å². The van der Waals surface area contributed by atoms with Gasteiger partial charge in [-0.25, -0.2) is 17.6 Å². The highest BCUT2D eigenvalue weighted by Crippen LogP contribution is 2.40. The first-order valence-electron chi connectivity index (χ1n) is 17.6. The Morgan fingerprint density at radius 2 is 1.91 bits per heavy atom. The van der Waals surface area contributed by atoms with Crippen LogP contribution in [0.2, 0.25) is 0 Å². The van der Waals surface area contributed by atoms with Crippen LogP contribution in [0.3, 0.4) is 0 Å². The largest absolute Gasteiger partial charge is 0.508 e. The topological polar surface area (TPSA) is 104 Å². The Hall–Kier alpha value is -5.90. The van der Waals surface area contributed by atoms with Crippen molar-refractivity contribution in [1.82, 2.24) is 19.9 Å². The van der Waals surface area contributed by atoms with E-state index in [-0.39, 0.29) is 82.7 Å². The number of terminal acetylenes is 1. The SMILES string of the molecule is C#Cc1c(F)ccc2cc(O)cc(-c3ncc4c(NCC5(N(C)C(=O)C=C)CCCC5)nc(OC[C@]5(C)C[C@@H](F)CN5c5ccc(F)cc5)nc4c3F)c12. The zero-order valence-electron chi connectivity index (χ0n) is 29.8. The van der Waals surface area contributed by atoms with Gasteiger partial charge in [-0.2, -0.15) is 9.97 Å². The summed E-state index contributed by atoms with van der Waals surface area (Å²) in [6.45, 7) is 5.64. The lowest BCUT2D eigenvalue weighted by Crippen LogP contribution is -2.51. The number of likely N-dealkylation sites (N-methyl/N-ethyl adjacent to an activating group) is 1. The van der Waals surface area contributed by atoms with Crippen molar-refractivity contribution >= 4 is 39.1 Å². The number of hydrogen-bond acceptors (Lipinski definition) is 8. The van der Waals surface area contributed by atoms with E-state index in [0.29, 0.717) is 23.9 Å². The molecule has 1 saturated heterocycles. The van der Waals surface area contributed by atoms with Gasteiger partial charge < -0.3 is 25.0 Å². The van der Waals surface area contributed by atoms with Crippen LogP contribution in [0.5, 0.6) is 11.8 Å². The first kappa shape index (κ1) is 36.5. The molecule has 1 aliphatic heterocycles. The van der Waals surface area contributed by atoms with Gasteiger partial charge in [0.2, 0.25) is 5.91 Å². The van der Waals surface area contributed by atoms with Crippen molar-refractivity contribution in [3.8, 4) is 35.4 Å². The van der Waals surface area contributed by atoms with E-state index >= 15 is 4.39 Å². The predicted octanol–water partition coefficient (Wildman–Crippen LogP) is 7.70. The van der Waals surface area contributed by atoms with Crippen LogP contribution in [0.15, 0.2) is 67.4 Å². The van der Waals surface area contributed by atoms with Crippen molar-refractivity contribution in [2.75, 3.05) is 37.0 Å². The Kier molecular flexibility index (Phi) is 9.55. The summed E-state index contributed by atoms with van der Waals surface area (Å²) in [6, 6.07) is 10.8. The molecule has 0 radical (unpaired) electrons. The van der Waals surface area contributed by atoms with Crippen LogP contribution < -0.4 is 15.0 Å². The molecule has 0 unspecified atom stereocenters. The molecule has 1 saturated carbocycles. The van der Waals surface area contributed by atoms with Gasteiger partial charge in [-0.15, -0.1) is 6.42 Å². The lowest BCUT2D eigenvalue weighted by atomic mass is 9.95. The average molecular weight is 739 g/mol. The number of phenolic OH excluding ortho intramolecular Hbond substituents is 1. The van der Waals surface area contributed by atoms with Crippen LogP contribution >= 0.6 is 0 Å². The first-order valence-corrected chi connectivity index (χ1v) is 17.6. The lowest BCUT2D eigenvalue weighted by Gasteiger charge is -2.38. The molecule has 1 amide bonds. The summed E-state index contributed by atoms with van der Waals surface area (Å²) in [5, 5.41) is 14.7. The number of amides is 1. The number of hydrogen-bond donors (Lipinski definition) is 2. The van der Waals surface area contributed by atoms with Gasteiger partial charge in [0, 0.05) is 49.4 Å². The number of nitrogens with one attached hydrogen (secondary N) is 1. The summed E-state index contributed by atoms with van der Waals surface area (Å²) >= 11 is 0. The van der Waals surface area contributed by atoms with E-state index in [1.165, 1.54) is 48.7 Å². The number of carbonyl (C=O) groups excluding carboxylic acids is 1. The number of carbonyl (C=O) groups is 1. The van der Waals surface area contributed by atoms with E-state index in [9.17, 15) is 23.1 Å². The fourth-order valence-corrected chi connectivity index (χ4v) is 7.92. The van der Waals surface area contributed by atoms with Gasteiger partial charge in [-0.3, -0.25) is 9.78 Å². The van der Waals surface area contributed by atoms with Gasteiger partial charge in [-0.05, 0) is 73.7 Å². The maximum atomic E-state index is 17.0. The quantitative estimate of drug-likeness (QED) is 0.0854. The van der Waals surface area contributed by atoms with Crippen LogP contribution in [-0.4, -0.2) is 74.9 Å². The molecule has 7 rings (SSSR count). The van der Waals surface area contributed by atoms with E-state index in [1.807, 2.05) is 6.92 Å². The number of rotatable bonds is 10. The van der Waals surface area contributed by atoms with Gasteiger partial charge in [0.25, 0.3) is 0 Å². The molecule has 278 valence electrons. The second kappa shape index (κ2) is 14.2. The number of aromatic hydroxyl groups is 1. The van der Waals surface area contributed by atoms with Crippen LogP contribution in [-0.2, 0) is 4.79 Å². The molecule has 0 bridgehead atoms. The summed E-state index contributed by atoms with van der Waals surface area (Å²) in [5.74, 6) is 0.00538. The van der Waals surface area contributed by atoms with E-state index in [2.05, 4.69) is 32.8 Å². The third-order valence-corrected chi connectivity index (χ3v) is 10.8. The average Bonchev–Trinajstić information content (AvgIpc) is 3.77. The van der Waals surface area contributed by atoms with Gasteiger partial charge in [-0.1, -0.05) is 31.4 Å². The Balaban J connectivity index is 1.33. The molecule has 9 nitrogen and oxygen atoms in total. The van der Waals surface area contributed by atoms with Crippen molar-refractivity contribution in [1.29, 1.82) is 0 Å². The highest BCUT2D eigenvalue weighted by Gasteiger charge is 2.44. The van der Waals surface area contributed by atoms with Crippen LogP contribution in [0.25, 0.3) is 32.9 Å². The van der Waals surface area contributed by atoms with Gasteiger partial charge in [0.15, 0.2) is 5.82 Å². The van der Waals surface area contributed by atoms with E-state index in [0.717, 1.165) is 12.8 Å². The number of halogens is 4. The molecule has 5 aromatic rings. The summed E-state index contributed by atoms with van der Waals surface area (Å²) < 4.78 is 66.8. The van der Waals surface area contributed by atoms with Crippen molar-refractivity contribution in [3.63, 3.8) is 0 Å². The molecule has 2 aliphatic rings. The molecule has 2 atom stereocenters. The molecule has 3 aromatic carbocycles. The summed E-state index contributed by atoms with van der Waals surface area (Å²) in [4.78, 5) is 29.7. The second-order valence-electron chi connectivity index (χ2n) is 14.3. The van der Waals surface area contributed by atoms with Crippen LogP contribution in [0.1, 0.15) is 44.6 Å². The summed E-state index contributed by atoms with van der Waals surface area (Å²) in [6.07, 6.45) is 10.4. The third-order valence-electron chi connectivity index (χ3n) is 10.8. The molecule has 54 heavy (non-hydrogen) atoms. The van der Waals surface area contributed by atoms with Crippen molar-refractivity contribution in [3.05, 3.63) is 90.4 Å². The number of fused-ring (bicyclic) bond motifs is 2.